The Hall–Kier alpha value is -0.140. The van der Waals surface area contributed by atoms with Gasteiger partial charge in [0.15, 0.2) is 7.14 Å². The molecule has 0 aliphatic rings. The highest BCUT2D eigenvalue weighted by Crippen LogP contribution is 2.57. The maximum atomic E-state index is 13.2. The van der Waals surface area contributed by atoms with Crippen molar-refractivity contribution >= 4 is 46.2 Å². The normalized spacial score (nSPS) is 12.8. The maximum absolute atomic E-state index is 13.2. The van der Waals surface area contributed by atoms with Crippen LogP contribution in [0.2, 0.25) is 0 Å². The van der Waals surface area contributed by atoms with Crippen molar-refractivity contribution in [3.63, 3.8) is 0 Å². The Balaban J connectivity index is 2.52. The molecule has 0 N–H and O–H groups in total. The lowest BCUT2D eigenvalue weighted by Gasteiger charge is -2.17. The molecule has 0 fully saturated rings. The van der Waals surface area contributed by atoms with Crippen molar-refractivity contribution in [1.82, 2.24) is 0 Å². The quantitative estimate of drug-likeness (QED) is 0.807. The molecule has 2 aromatic heterocycles. The number of thiophene rings is 2. The first kappa shape index (κ1) is 13.3. The first-order chi connectivity index (χ1) is 7.92. The summed E-state index contributed by atoms with van der Waals surface area (Å²) in [4.78, 5) is 0. The molecule has 0 aromatic carbocycles. The van der Waals surface area contributed by atoms with Crippen molar-refractivity contribution in [2.45, 2.75) is 0 Å². The average molecular weight is 304 g/mol. The van der Waals surface area contributed by atoms with E-state index in [0.29, 0.717) is 5.90 Å². The molecule has 2 aromatic rings. The molecule has 17 heavy (non-hydrogen) atoms. The predicted molar refractivity (Wildman–Crippen MR) is 79.8 cm³/mol. The molecular formula is C11H14O2P2S2. The van der Waals surface area contributed by atoms with Gasteiger partial charge in [0.2, 0.25) is 0 Å². The molecule has 0 radical (unpaired) electrons. The molecule has 0 spiro atoms. The van der Waals surface area contributed by atoms with E-state index < -0.39 is 14.3 Å². The van der Waals surface area contributed by atoms with Crippen molar-refractivity contribution in [2.75, 3.05) is 19.2 Å². The van der Waals surface area contributed by atoms with E-state index in [2.05, 4.69) is 0 Å². The molecule has 2 nitrogen and oxygen atoms in total. The van der Waals surface area contributed by atoms with Gasteiger partial charge in [-0.1, -0.05) is 12.1 Å². The molecule has 6 heteroatoms. The lowest BCUT2D eigenvalue weighted by Crippen LogP contribution is -2.13. The Bertz CT molecular complexity index is 528. The molecule has 0 saturated carbocycles. The zero-order chi connectivity index (χ0) is 12.5. The molecule has 0 unspecified atom stereocenters. The first-order valence-corrected chi connectivity index (χ1v) is 11.6. The van der Waals surface area contributed by atoms with Crippen molar-refractivity contribution in [3.8, 4) is 0 Å². The van der Waals surface area contributed by atoms with Crippen molar-refractivity contribution < 1.29 is 9.13 Å². The number of rotatable bonds is 4. The van der Waals surface area contributed by atoms with Crippen molar-refractivity contribution in [2.24, 2.45) is 0 Å². The van der Waals surface area contributed by atoms with Crippen LogP contribution in [0.25, 0.3) is 0 Å². The van der Waals surface area contributed by atoms with E-state index in [0.717, 1.165) is 9.24 Å². The highest BCUT2D eigenvalue weighted by atomic mass is 32.1. The van der Waals surface area contributed by atoms with E-state index in [1.807, 2.05) is 35.0 Å². The minimum atomic E-state index is -2.68. The van der Waals surface area contributed by atoms with Crippen LogP contribution in [0.4, 0.5) is 0 Å². The molecule has 92 valence electrons. The molecule has 0 saturated heterocycles. The molecule has 2 rings (SSSR count). The summed E-state index contributed by atoms with van der Waals surface area (Å²) in [5, 5.41) is 3.84. The third kappa shape index (κ3) is 3.00. The fourth-order valence-electron chi connectivity index (χ4n) is 1.68. The molecule has 2 heterocycles. The van der Waals surface area contributed by atoms with E-state index in [9.17, 15) is 9.13 Å². The number of hydrogen-bond donors (Lipinski definition) is 0. The van der Waals surface area contributed by atoms with Gasteiger partial charge >= 0.3 is 0 Å². The van der Waals surface area contributed by atoms with E-state index >= 15 is 0 Å². The van der Waals surface area contributed by atoms with Crippen LogP contribution in [0, 0.1) is 0 Å². The van der Waals surface area contributed by atoms with E-state index in [1.54, 1.807) is 13.3 Å². The van der Waals surface area contributed by atoms with E-state index in [1.165, 1.54) is 22.7 Å². The summed E-state index contributed by atoms with van der Waals surface area (Å²) in [6.07, 6.45) is 0. The maximum Gasteiger partial charge on any atom is 0.169 e. The Labute approximate surface area is 109 Å². The van der Waals surface area contributed by atoms with Gasteiger partial charge in [-0.05, 0) is 36.2 Å². The largest absolute Gasteiger partial charge is 0.324 e. The van der Waals surface area contributed by atoms with Crippen molar-refractivity contribution in [3.05, 3.63) is 35.0 Å². The second kappa shape index (κ2) is 4.85. The minimum absolute atomic E-state index is 0.293. The van der Waals surface area contributed by atoms with Crippen LogP contribution in [0.15, 0.2) is 35.0 Å². The summed E-state index contributed by atoms with van der Waals surface area (Å²) in [5.74, 6) is 0.293. The Morgan fingerprint density at radius 1 is 1.00 bits per heavy atom. The monoisotopic (exact) mass is 304 g/mol. The second-order valence-corrected chi connectivity index (χ2v) is 13.6. The fourth-order valence-corrected chi connectivity index (χ4v) is 11.9. The SMILES string of the molecule is CP(C)(=O)CP(=O)(c1cccs1)c1cccs1. The van der Waals surface area contributed by atoms with Gasteiger partial charge in [0, 0.05) is 0 Å². The lowest BCUT2D eigenvalue weighted by atomic mass is 10.7. The molecular weight excluding hydrogens is 290 g/mol. The van der Waals surface area contributed by atoms with Gasteiger partial charge in [0.1, 0.15) is 0 Å². The van der Waals surface area contributed by atoms with Crippen LogP contribution in [0.3, 0.4) is 0 Å². The van der Waals surface area contributed by atoms with Gasteiger partial charge in [0.05, 0.1) is 22.3 Å². The molecule has 0 amide bonds. The highest BCUT2D eigenvalue weighted by Gasteiger charge is 2.33. The third-order valence-electron chi connectivity index (χ3n) is 2.26. The van der Waals surface area contributed by atoms with Gasteiger partial charge < -0.3 is 9.13 Å². The van der Waals surface area contributed by atoms with E-state index in [4.69, 9.17) is 0 Å². The number of hydrogen-bond acceptors (Lipinski definition) is 4. The summed E-state index contributed by atoms with van der Waals surface area (Å²) in [6, 6.07) is 7.58. The zero-order valence-corrected chi connectivity index (χ0v) is 13.1. The van der Waals surface area contributed by atoms with Gasteiger partial charge in [-0.2, -0.15) is 0 Å². The molecule has 0 bridgehead atoms. The van der Waals surface area contributed by atoms with Crippen LogP contribution in [0.5, 0.6) is 0 Å². The second-order valence-electron chi connectivity index (χ2n) is 4.36. The summed E-state index contributed by atoms with van der Waals surface area (Å²) < 4.78 is 27.0. The van der Waals surface area contributed by atoms with Gasteiger partial charge in [0.25, 0.3) is 0 Å². The van der Waals surface area contributed by atoms with Crippen LogP contribution in [-0.4, -0.2) is 19.2 Å². The predicted octanol–water partition coefficient (Wildman–Crippen LogP) is 3.70. The zero-order valence-electron chi connectivity index (χ0n) is 9.70. The summed E-state index contributed by atoms with van der Waals surface area (Å²) in [5.41, 5.74) is 0. The fraction of sp³-hybridized carbons (Fsp3) is 0.273. The van der Waals surface area contributed by atoms with Gasteiger partial charge in [-0.15, -0.1) is 22.7 Å². The average Bonchev–Trinajstić information content (AvgIpc) is 2.89. The third-order valence-corrected chi connectivity index (χ3v) is 12.0. The van der Waals surface area contributed by atoms with Crippen LogP contribution in [0.1, 0.15) is 0 Å². The van der Waals surface area contributed by atoms with E-state index in [-0.39, 0.29) is 0 Å². The Morgan fingerprint density at radius 3 is 1.76 bits per heavy atom. The lowest BCUT2D eigenvalue weighted by molar-refractivity contribution is 0.580. The van der Waals surface area contributed by atoms with Crippen LogP contribution >= 0.6 is 37.0 Å². The smallest absolute Gasteiger partial charge is 0.169 e. The van der Waals surface area contributed by atoms with Gasteiger partial charge in [-0.25, -0.2) is 0 Å². The van der Waals surface area contributed by atoms with Crippen LogP contribution < -0.4 is 9.24 Å². The Morgan fingerprint density at radius 2 is 1.47 bits per heavy atom. The Kier molecular flexibility index (Phi) is 3.80. The first-order valence-electron chi connectivity index (χ1n) is 5.13. The highest BCUT2D eigenvalue weighted by molar-refractivity contribution is 7.93. The minimum Gasteiger partial charge on any atom is -0.324 e. The summed E-state index contributed by atoms with van der Waals surface area (Å²) in [7, 11) is -5.00. The molecule has 0 aliphatic heterocycles. The topological polar surface area (TPSA) is 34.1 Å². The van der Waals surface area contributed by atoms with Crippen LogP contribution in [-0.2, 0) is 9.13 Å². The standard InChI is InChI=1S/C11H14O2P2S2/c1-14(2,12)9-15(13,10-5-3-7-16-10)11-6-4-8-17-11/h3-8H,9H2,1-2H3. The van der Waals surface area contributed by atoms with Crippen molar-refractivity contribution in [1.29, 1.82) is 0 Å². The molecule has 0 aliphatic carbocycles. The summed E-state index contributed by atoms with van der Waals surface area (Å²) >= 11 is 2.98. The molecule has 0 atom stereocenters. The van der Waals surface area contributed by atoms with Gasteiger partial charge in [-0.3, -0.25) is 0 Å². The summed E-state index contributed by atoms with van der Waals surface area (Å²) in [6.45, 7) is 3.42.